The van der Waals surface area contributed by atoms with E-state index in [0.717, 1.165) is 25.5 Å². The van der Waals surface area contributed by atoms with Crippen molar-refractivity contribution in [3.8, 4) is 0 Å². The third-order valence-corrected chi connectivity index (χ3v) is 2.94. The minimum atomic E-state index is -0.373. The van der Waals surface area contributed by atoms with Crippen LogP contribution in [0, 0.1) is 11.6 Å². The van der Waals surface area contributed by atoms with Crippen LogP contribution in [0.25, 0.3) is 0 Å². The molecular weight excluding hydrogens is 220 g/mol. The molecule has 1 aromatic rings. The van der Waals surface area contributed by atoms with Crippen LogP contribution in [-0.2, 0) is 0 Å². The second-order valence-corrected chi connectivity index (χ2v) is 4.66. The van der Waals surface area contributed by atoms with E-state index >= 15 is 0 Å². The fraction of sp³-hybridized carbons (Fsp3) is 0.571. The van der Waals surface area contributed by atoms with Gasteiger partial charge in [0.05, 0.1) is 0 Å². The minimum absolute atomic E-state index is 0.0186. The summed E-state index contributed by atoms with van der Waals surface area (Å²) in [7, 11) is 0. The van der Waals surface area contributed by atoms with Crippen molar-refractivity contribution in [1.82, 2.24) is 5.32 Å². The van der Waals surface area contributed by atoms with Crippen molar-refractivity contribution < 1.29 is 8.78 Å². The second kappa shape index (κ2) is 6.70. The Hall–Kier alpha value is -0.960. The number of hydrogen-bond donors (Lipinski definition) is 1. The molecule has 2 atom stereocenters. The summed E-state index contributed by atoms with van der Waals surface area (Å²) in [6.07, 6.45) is 1.88. The van der Waals surface area contributed by atoms with Crippen LogP contribution in [0.5, 0.6) is 0 Å². The first-order chi connectivity index (χ1) is 8.04. The van der Waals surface area contributed by atoms with Crippen LogP contribution in [0.15, 0.2) is 18.2 Å². The fourth-order valence-corrected chi connectivity index (χ4v) is 2.02. The zero-order chi connectivity index (χ0) is 12.8. The van der Waals surface area contributed by atoms with Gasteiger partial charge in [0, 0.05) is 6.04 Å². The molecule has 0 saturated carbocycles. The number of nitrogens with one attached hydrogen (secondary N) is 1. The molecule has 3 heteroatoms. The molecule has 0 aliphatic carbocycles. The normalized spacial score (nSPS) is 14.6. The third-order valence-electron chi connectivity index (χ3n) is 2.94. The monoisotopic (exact) mass is 241 g/mol. The first-order valence-electron chi connectivity index (χ1n) is 6.23. The van der Waals surface area contributed by atoms with Crippen molar-refractivity contribution in [2.45, 2.75) is 45.6 Å². The highest BCUT2D eigenvalue weighted by molar-refractivity contribution is 5.22. The van der Waals surface area contributed by atoms with Crippen LogP contribution in [0.3, 0.4) is 0 Å². The molecule has 1 aromatic carbocycles. The molecule has 0 amide bonds. The molecule has 0 spiro atoms. The van der Waals surface area contributed by atoms with Gasteiger partial charge in [0.1, 0.15) is 11.6 Å². The Balaban J connectivity index is 2.62. The van der Waals surface area contributed by atoms with E-state index in [1.807, 2.05) is 6.92 Å². The van der Waals surface area contributed by atoms with E-state index in [1.54, 1.807) is 0 Å². The maximum absolute atomic E-state index is 13.5. The summed E-state index contributed by atoms with van der Waals surface area (Å²) in [6.45, 7) is 7.07. The molecule has 1 N–H and O–H groups in total. The Morgan fingerprint density at radius 1 is 1.24 bits per heavy atom. The Bertz CT molecular complexity index is 352. The Kier molecular flexibility index (Phi) is 5.56. The molecule has 96 valence electrons. The minimum Gasteiger partial charge on any atom is -0.314 e. The Morgan fingerprint density at radius 3 is 2.59 bits per heavy atom. The fourth-order valence-electron chi connectivity index (χ4n) is 2.02. The first kappa shape index (κ1) is 14.1. The summed E-state index contributed by atoms with van der Waals surface area (Å²) in [5, 5.41) is 3.35. The van der Waals surface area contributed by atoms with Crippen LogP contribution >= 0.6 is 0 Å². The lowest BCUT2D eigenvalue weighted by molar-refractivity contribution is 0.466. The van der Waals surface area contributed by atoms with Crippen LogP contribution in [0.2, 0.25) is 0 Å². The van der Waals surface area contributed by atoms with E-state index in [9.17, 15) is 8.78 Å². The van der Waals surface area contributed by atoms with Gasteiger partial charge in [-0.05, 0) is 56.0 Å². The second-order valence-electron chi connectivity index (χ2n) is 4.66. The van der Waals surface area contributed by atoms with Gasteiger partial charge in [-0.1, -0.05) is 13.8 Å². The van der Waals surface area contributed by atoms with Gasteiger partial charge in [0.2, 0.25) is 0 Å². The highest BCUT2D eigenvalue weighted by Crippen LogP contribution is 2.24. The molecule has 0 heterocycles. The maximum atomic E-state index is 13.5. The average molecular weight is 241 g/mol. The summed E-state index contributed by atoms with van der Waals surface area (Å²) >= 11 is 0. The van der Waals surface area contributed by atoms with E-state index in [1.165, 1.54) is 12.1 Å². The maximum Gasteiger partial charge on any atom is 0.126 e. The van der Waals surface area contributed by atoms with Gasteiger partial charge < -0.3 is 5.32 Å². The largest absolute Gasteiger partial charge is 0.314 e. The van der Waals surface area contributed by atoms with E-state index in [0.29, 0.717) is 11.6 Å². The predicted octanol–water partition coefficient (Wildman–Crippen LogP) is 3.85. The van der Waals surface area contributed by atoms with Crippen LogP contribution in [-0.4, -0.2) is 12.6 Å². The van der Waals surface area contributed by atoms with Crippen molar-refractivity contribution >= 4 is 0 Å². The molecule has 0 fully saturated rings. The highest BCUT2D eigenvalue weighted by Gasteiger charge is 2.14. The molecule has 0 radical (unpaired) electrons. The number of halogens is 2. The molecule has 0 bridgehead atoms. The van der Waals surface area contributed by atoms with Crippen LogP contribution < -0.4 is 5.32 Å². The van der Waals surface area contributed by atoms with E-state index in [4.69, 9.17) is 0 Å². The molecule has 17 heavy (non-hydrogen) atoms. The van der Waals surface area contributed by atoms with E-state index in [-0.39, 0.29) is 17.6 Å². The van der Waals surface area contributed by atoms with Gasteiger partial charge in [-0.15, -0.1) is 0 Å². The van der Waals surface area contributed by atoms with Crippen molar-refractivity contribution in [2.75, 3.05) is 6.54 Å². The van der Waals surface area contributed by atoms with Gasteiger partial charge in [0.25, 0.3) is 0 Å². The van der Waals surface area contributed by atoms with Gasteiger partial charge >= 0.3 is 0 Å². The molecule has 1 rings (SSSR count). The van der Waals surface area contributed by atoms with Crippen LogP contribution in [0.1, 0.15) is 45.1 Å². The molecule has 0 aliphatic heterocycles. The summed E-state index contributed by atoms with van der Waals surface area (Å²) in [5.41, 5.74) is 0.468. The summed E-state index contributed by atoms with van der Waals surface area (Å²) in [5.74, 6) is -0.672. The van der Waals surface area contributed by atoms with E-state index in [2.05, 4.69) is 19.2 Å². The predicted molar refractivity (Wildman–Crippen MR) is 67.1 cm³/mol. The summed E-state index contributed by atoms with van der Waals surface area (Å²) in [6, 6.07) is 3.97. The molecule has 0 saturated heterocycles. The lowest BCUT2D eigenvalue weighted by Crippen LogP contribution is -2.28. The Morgan fingerprint density at radius 2 is 1.94 bits per heavy atom. The smallest absolute Gasteiger partial charge is 0.126 e. The Labute approximate surface area is 102 Å². The lowest BCUT2D eigenvalue weighted by atomic mass is 9.94. The third kappa shape index (κ3) is 4.43. The van der Waals surface area contributed by atoms with Crippen molar-refractivity contribution in [2.24, 2.45) is 0 Å². The molecule has 2 unspecified atom stereocenters. The van der Waals surface area contributed by atoms with Crippen LogP contribution in [0.4, 0.5) is 8.78 Å². The highest BCUT2D eigenvalue weighted by atomic mass is 19.1. The van der Waals surface area contributed by atoms with E-state index < -0.39 is 0 Å². The summed E-state index contributed by atoms with van der Waals surface area (Å²) in [4.78, 5) is 0. The molecular formula is C14H21F2N. The standard InChI is InChI=1S/C14H21F2N/c1-4-7-17-11(3)8-10(2)13-9-12(15)5-6-14(13)16/h5-6,9-11,17H,4,7-8H2,1-3H3. The molecule has 0 aromatic heterocycles. The van der Waals surface area contributed by atoms with Gasteiger partial charge in [0.15, 0.2) is 0 Å². The number of hydrogen-bond acceptors (Lipinski definition) is 1. The van der Waals surface area contributed by atoms with Gasteiger partial charge in [-0.2, -0.15) is 0 Å². The topological polar surface area (TPSA) is 12.0 Å². The summed E-state index contributed by atoms with van der Waals surface area (Å²) < 4.78 is 26.6. The zero-order valence-corrected chi connectivity index (χ0v) is 10.8. The SMILES string of the molecule is CCCNC(C)CC(C)c1cc(F)ccc1F. The number of benzene rings is 1. The molecule has 1 nitrogen and oxygen atoms in total. The van der Waals surface area contributed by atoms with Crippen molar-refractivity contribution in [3.63, 3.8) is 0 Å². The number of rotatable bonds is 6. The van der Waals surface area contributed by atoms with Crippen molar-refractivity contribution in [1.29, 1.82) is 0 Å². The van der Waals surface area contributed by atoms with Crippen molar-refractivity contribution in [3.05, 3.63) is 35.4 Å². The zero-order valence-electron chi connectivity index (χ0n) is 10.8. The average Bonchev–Trinajstić information content (AvgIpc) is 2.29. The van der Waals surface area contributed by atoms with Gasteiger partial charge in [-0.3, -0.25) is 0 Å². The first-order valence-corrected chi connectivity index (χ1v) is 6.23. The molecule has 0 aliphatic rings. The quantitative estimate of drug-likeness (QED) is 0.797. The lowest BCUT2D eigenvalue weighted by Gasteiger charge is -2.19. The van der Waals surface area contributed by atoms with Gasteiger partial charge in [-0.25, -0.2) is 8.78 Å².